The van der Waals surface area contributed by atoms with Gasteiger partial charge in [0.1, 0.15) is 0 Å². The minimum atomic E-state index is -1.58. The van der Waals surface area contributed by atoms with Gasteiger partial charge in [-0.25, -0.2) is 4.79 Å². The van der Waals surface area contributed by atoms with Gasteiger partial charge in [0, 0.05) is 18.0 Å². The number of nitrogens with one attached hydrogen (secondary N) is 1. The molecule has 25 heavy (non-hydrogen) atoms. The van der Waals surface area contributed by atoms with Crippen molar-refractivity contribution < 1.29 is 19.5 Å². The van der Waals surface area contributed by atoms with Gasteiger partial charge in [0.2, 0.25) is 5.78 Å². The third-order valence-electron chi connectivity index (χ3n) is 3.21. The highest BCUT2D eigenvalue weighted by atomic mass is 16.4. The van der Waals surface area contributed by atoms with Gasteiger partial charge in [0.25, 0.3) is 0 Å². The van der Waals surface area contributed by atoms with E-state index >= 15 is 0 Å². The first-order valence-corrected chi connectivity index (χ1v) is 8.48. The SMILES string of the molecule is CC.CC.Cc1ccc(Cc2c[nH]cc2C(=O)CC(=O)C(=O)O)cc1. The summed E-state index contributed by atoms with van der Waals surface area (Å²) in [5.41, 5.74) is 3.31. The number of Topliss-reactive ketones (excluding diaryl/α,β-unsaturated/α-hetero) is 2. The van der Waals surface area contributed by atoms with Gasteiger partial charge >= 0.3 is 5.97 Å². The Kier molecular flexibility index (Phi) is 10.5. The van der Waals surface area contributed by atoms with Crippen LogP contribution in [-0.2, 0) is 16.0 Å². The van der Waals surface area contributed by atoms with Gasteiger partial charge in [-0.2, -0.15) is 0 Å². The number of carboxylic acids is 1. The molecular formula is C20H27NO4. The lowest BCUT2D eigenvalue weighted by molar-refractivity contribution is -0.148. The molecule has 0 fully saturated rings. The van der Waals surface area contributed by atoms with E-state index in [2.05, 4.69) is 4.98 Å². The van der Waals surface area contributed by atoms with Gasteiger partial charge in [-0.3, -0.25) is 9.59 Å². The number of aliphatic carboxylic acids is 1. The Morgan fingerprint density at radius 1 is 0.960 bits per heavy atom. The summed E-state index contributed by atoms with van der Waals surface area (Å²) < 4.78 is 0. The maximum absolute atomic E-state index is 12.0. The third-order valence-corrected chi connectivity index (χ3v) is 3.21. The van der Waals surface area contributed by atoms with Gasteiger partial charge in [0.15, 0.2) is 5.78 Å². The quantitative estimate of drug-likeness (QED) is 0.467. The second kappa shape index (κ2) is 11.8. The zero-order valence-electron chi connectivity index (χ0n) is 15.6. The summed E-state index contributed by atoms with van der Waals surface area (Å²) in [4.78, 5) is 36.4. The van der Waals surface area contributed by atoms with E-state index in [4.69, 9.17) is 5.11 Å². The summed E-state index contributed by atoms with van der Waals surface area (Å²) in [5, 5.41) is 8.55. The fourth-order valence-corrected chi connectivity index (χ4v) is 2.04. The average Bonchev–Trinajstić information content (AvgIpc) is 3.08. The number of hydrogen-bond donors (Lipinski definition) is 2. The van der Waals surface area contributed by atoms with Gasteiger partial charge < -0.3 is 10.1 Å². The molecule has 0 saturated carbocycles. The first-order chi connectivity index (χ1) is 12.0. The number of aromatic amines is 1. The molecule has 0 aliphatic rings. The van der Waals surface area contributed by atoms with Crippen LogP contribution in [0.4, 0.5) is 0 Å². The number of H-pyrrole nitrogens is 1. The van der Waals surface area contributed by atoms with Crippen molar-refractivity contribution in [3.8, 4) is 0 Å². The van der Waals surface area contributed by atoms with E-state index in [9.17, 15) is 14.4 Å². The Morgan fingerprint density at radius 3 is 2.04 bits per heavy atom. The minimum absolute atomic E-state index is 0.366. The van der Waals surface area contributed by atoms with Crippen LogP contribution >= 0.6 is 0 Å². The topological polar surface area (TPSA) is 87.2 Å². The van der Waals surface area contributed by atoms with Crippen LogP contribution in [0.25, 0.3) is 0 Å². The van der Waals surface area contributed by atoms with E-state index in [-0.39, 0.29) is 0 Å². The van der Waals surface area contributed by atoms with Crippen molar-refractivity contribution in [2.75, 3.05) is 0 Å². The highest BCUT2D eigenvalue weighted by molar-refractivity contribution is 6.37. The molecule has 136 valence electrons. The van der Waals surface area contributed by atoms with Crippen molar-refractivity contribution in [3.05, 3.63) is 58.9 Å². The monoisotopic (exact) mass is 345 g/mol. The van der Waals surface area contributed by atoms with Gasteiger partial charge in [-0.1, -0.05) is 57.5 Å². The molecular weight excluding hydrogens is 318 g/mol. The lowest BCUT2D eigenvalue weighted by Gasteiger charge is -2.03. The van der Waals surface area contributed by atoms with Crippen LogP contribution < -0.4 is 0 Å². The molecule has 2 aromatic rings. The standard InChI is InChI=1S/C16H15NO4.2C2H6/c1-10-2-4-11(5-3-10)6-12-8-17-9-13(12)14(18)7-15(19)16(20)21;2*1-2/h2-5,8-9,17H,6-7H2,1H3,(H,20,21);2*1-2H3. The Labute approximate surface area is 149 Å². The molecule has 0 radical (unpaired) electrons. The lowest BCUT2D eigenvalue weighted by atomic mass is 9.99. The molecule has 0 bridgehead atoms. The molecule has 1 heterocycles. The van der Waals surface area contributed by atoms with Crippen LogP contribution in [0.3, 0.4) is 0 Å². The Hall–Kier alpha value is -2.69. The predicted octanol–water partition coefficient (Wildman–Crippen LogP) is 4.19. The molecule has 0 aliphatic heterocycles. The molecule has 0 atom stereocenters. The number of aromatic nitrogens is 1. The molecule has 5 nitrogen and oxygen atoms in total. The molecule has 1 aromatic heterocycles. The van der Waals surface area contributed by atoms with Crippen molar-refractivity contribution in [3.63, 3.8) is 0 Å². The summed E-state index contributed by atoms with van der Waals surface area (Å²) in [6, 6.07) is 7.91. The van der Waals surface area contributed by atoms with Crippen LogP contribution in [0.5, 0.6) is 0 Å². The molecule has 5 heteroatoms. The number of rotatable bonds is 6. The number of carbonyl (C=O) groups is 3. The maximum atomic E-state index is 12.0. The van der Waals surface area contributed by atoms with Crippen LogP contribution in [0.15, 0.2) is 36.7 Å². The van der Waals surface area contributed by atoms with Crippen LogP contribution in [0.1, 0.15) is 61.2 Å². The highest BCUT2D eigenvalue weighted by Gasteiger charge is 2.20. The van der Waals surface area contributed by atoms with Crippen molar-refractivity contribution in [2.45, 2.75) is 47.5 Å². The van der Waals surface area contributed by atoms with E-state index in [1.807, 2.05) is 58.9 Å². The number of benzene rings is 1. The molecule has 0 unspecified atom stereocenters. The van der Waals surface area contributed by atoms with E-state index in [0.29, 0.717) is 12.0 Å². The Bertz CT molecular complexity index is 684. The summed E-state index contributed by atoms with van der Waals surface area (Å²) in [7, 11) is 0. The van der Waals surface area contributed by atoms with E-state index in [0.717, 1.165) is 16.7 Å². The van der Waals surface area contributed by atoms with Crippen LogP contribution in [0, 0.1) is 6.92 Å². The lowest BCUT2D eigenvalue weighted by Crippen LogP contribution is -2.17. The highest BCUT2D eigenvalue weighted by Crippen LogP contribution is 2.16. The van der Waals surface area contributed by atoms with Crippen molar-refractivity contribution in [2.24, 2.45) is 0 Å². The first-order valence-electron chi connectivity index (χ1n) is 8.48. The van der Waals surface area contributed by atoms with Gasteiger partial charge in [0.05, 0.1) is 6.42 Å². The van der Waals surface area contributed by atoms with Crippen molar-refractivity contribution in [1.29, 1.82) is 0 Å². The van der Waals surface area contributed by atoms with E-state index < -0.39 is 24.0 Å². The number of carbonyl (C=O) groups excluding carboxylic acids is 2. The van der Waals surface area contributed by atoms with Gasteiger partial charge in [-0.15, -0.1) is 0 Å². The number of carboxylic acid groups (broad SMARTS) is 1. The fraction of sp³-hybridized carbons (Fsp3) is 0.350. The van der Waals surface area contributed by atoms with E-state index in [1.165, 1.54) is 6.20 Å². The molecule has 1 aromatic carbocycles. The Morgan fingerprint density at radius 2 is 1.52 bits per heavy atom. The average molecular weight is 345 g/mol. The number of aryl methyl sites for hydroxylation is 1. The molecule has 2 rings (SSSR count). The van der Waals surface area contributed by atoms with E-state index in [1.54, 1.807) is 6.20 Å². The zero-order valence-corrected chi connectivity index (χ0v) is 15.6. The third kappa shape index (κ3) is 7.16. The smallest absolute Gasteiger partial charge is 0.372 e. The largest absolute Gasteiger partial charge is 0.475 e. The summed E-state index contributed by atoms with van der Waals surface area (Å²) >= 11 is 0. The summed E-state index contributed by atoms with van der Waals surface area (Å²) in [6.45, 7) is 9.99. The molecule has 2 N–H and O–H groups in total. The summed E-state index contributed by atoms with van der Waals surface area (Å²) in [5.74, 6) is -3.16. The van der Waals surface area contributed by atoms with Crippen molar-refractivity contribution in [1.82, 2.24) is 4.98 Å². The second-order valence-electron chi connectivity index (χ2n) is 4.88. The minimum Gasteiger partial charge on any atom is -0.475 e. The zero-order chi connectivity index (χ0) is 19.4. The fourth-order valence-electron chi connectivity index (χ4n) is 2.04. The van der Waals surface area contributed by atoms with Crippen LogP contribution in [0.2, 0.25) is 0 Å². The predicted molar refractivity (Wildman–Crippen MR) is 99.1 cm³/mol. The second-order valence-corrected chi connectivity index (χ2v) is 4.88. The first kappa shape index (κ1) is 22.3. The molecule has 0 amide bonds. The molecule has 0 spiro atoms. The van der Waals surface area contributed by atoms with Crippen LogP contribution in [-0.4, -0.2) is 27.6 Å². The van der Waals surface area contributed by atoms with Crippen molar-refractivity contribution >= 4 is 17.5 Å². The Balaban J connectivity index is 0.00000134. The number of hydrogen-bond acceptors (Lipinski definition) is 3. The molecule has 0 saturated heterocycles. The summed E-state index contributed by atoms with van der Waals surface area (Å²) in [6.07, 6.45) is 3.12. The number of ketones is 2. The van der Waals surface area contributed by atoms with Gasteiger partial charge in [-0.05, 0) is 24.5 Å². The molecule has 0 aliphatic carbocycles. The maximum Gasteiger partial charge on any atom is 0.372 e. The normalized spacial score (nSPS) is 9.16.